The van der Waals surface area contributed by atoms with E-state index < -0.39 is 47.9 Å². The second-order valence-corrected chi connectivity index (χ2v) is 8.26. The molecular formula is C20H30N4O6S2. The van der Waals surface area contributed by atoms with Gasteiger partial charge in [0.15, 0.2) is 0 Å². The molecular weight excluding hydrogens is 456 g/mol. The maximum atomic E-state index is 12.9. The van der Waals surface area contributed by atoms with Crippen LogP contribution in [0.3, 0.4) is 0 Å². The summed E-state index contributed by atoms with van der Waals surface area (Å²) in [6.45, 7) is 3.43. The fourth-order valence-corrected chi connectivity index (χ4v) is 3.09. The molecule has 3 amide bonds. The van der Waals surface area contributed by atoms with Crippen molar-refractivity contribution in [3.8, 4) is 5.75 Å². The minimum absolute atomic E-state index is 0.0195. The molecule has 4 unspecified atom stereocenters. The molecule has 0 saturated carbocycles. The summed E-state index contributed by atoms with van der Waals surface area (Å²) in [6.07, 6.45) is 0.0195. The topological polar surface area (TPSA) is 171 Å². The lowest BCUT2D eigenvalue weighted by Crippen LogP contribution is -2.59. The highest BCUT2D eigenvalue weighted by atomic mass is 32.1. The number of benzene rings is 1. The molecule has 10 nitrogen and oxygen atoms in total. The standard InChI is InChI=1S/C20H30N4O6S2/c1-10(2)16(24-17(26)13(21)8-31)19(28)22-14(7-11-3-5-12(25)6-4-11)18(27)23-15(9-32)20(29)30/h3-6,10,13-16,25,31-32H,7-9,21H2,1-2H3,(H,22,28)(H,23,27)(H,24,26)(H,29,30). The first kappa shape index (κ1) is 27.6. The van der Waals surface area contributed by atoms with E-state index in [1.807, 2.05) is 0 Å². The third-order valence-electron chi connectivity index (χ3n) is 4.59. The fourth-order valence-electron chi connectivity index (χ4n) is 2.67. The van der Waals surface area contributed by atoms with Gasteiger partial charge in [0, 0.05) is 17.9 Å². The molecule has 0 radical (unpaired) electrons. The molecule has 178 valence electrons. The molecule has 1 aromatic rings. The Balaban J connectivity index is 3.08. The van der Waals surface area contributed by atoms with Gasteiger partial charge in [0.05, 0.1) is 6.04 Å². The van der Waals surface area contributed by atoms with Gasteiger partial charge in [-0.25, -0.2) is 4.79 Å². The van der Waals surface area contributed by atoms with E-state index in [0.29, 0.717) is 5.56 Å². The molecule has 0 fully saturated rings. The number of carbonyl (C=O) groups excluding carboxylic acids is 3. The summed E-state index contributed by atoms with van der Waals surface area (Å²) in [7, 11) is 0. The van der Waals surface area contributed by atoms with Crippen molar-refractivity contribution in [2.45, 2.75) is 44.4 Å². The number of thiol groups is 2. The highest BCUT2D eigenvalue weighted by Gasteiger charge is 2.31. The molecule has 12 heteroatoms. The number of carboxylic acids is 1. The van der Waals surface area contributed by atoms with Gasteiger partial charge in [-0.2, -0.15) is 25.3 Å². The number of hydrogen-bond acceptors (Lipinski definition) is 8. The Morgan fingerprint density at radius 3 is 1.94 bits per heavy atom. The van der Waals surface area contributed by atoms with Crippen LogP contribution in [0.15, 0.2) is 24.3 Å². The molecule has 0 aliphatic heterocycles. The summed E-state index contributed by atoms with van der Waals surface area (Å²) in [4.78, 5) is 49.2. The van der Waals surface area contributed by atoms with Crippen LogP contribution in [0, 0.1) is 5.92 Å². The van der Waals surface area contributed by atoms with E-state index in [-0.39, 0.29) is 29.6 Å². The summed E-state index contributed by atoms with van der Waals surface area (Å²) in [5, 5.41) is 26.1. The lowest BCUT2D eigenvalue weighted by atomic mass is 10.0. The van der Waals surface area contributed by atoms with E-state index in [0.717, 1.165) is 0 Å². The van der Waals surface area contributed by atoms with E-state index in [2.05, 4.69) is 41.2 Å². The molecule has 0 aromatic heterocycles. The summed E-state index contributed by atoms with van der Waals surface area (Å²) in [6, 6.07) is 1.71. The van der Waals surface area contributed by atoms with Crippen LogP contribution in [0.25, 0.3) is 0 Å². The molecule has 32 heavy (non-hydrogen) atoms. The van der Waals surface area contributed by atoms with Crippen molar-refractivity contribution >= 4 is 48.9 Å². The molecule has 0 aliphatic rings. The number of aromatic hydroxyl groups is 1. The van der Waals surface area contributed by atoms with Gasteiger partial charge in [0.2, 0.25) is 17.7 Å². The second-order valence-electron chi connectivity index (χ2n) is 7.53. The van der Waals surface area contributed by atoms with Crippen molar-refractivity contribution in [2.75, 3.05) is 11.5 Å². The molecule has 7 N–H and O–H groups in total. The van der Waals surface area contributed by atoms with E-state index in [1.54, 1.807) is 26.0 Å². The van der Waals surface area contributed by atoms with Gasteiger partial charge in [-0.3, -0.25) is 14.4 Å². The normalized spacial score (nSPS) is 14.7. The van der Waals surface area contributed by atoms with Crippen molar-refractivity contribution in [3.63, 3.8) is 0 Å². The van der Waals surface area contributed by atoms with E-state index >= 15 is 0 Å². The zero-order valence-electron chi connectivity index (χ0n) is 17.8. The van der Waals surface area contributed by atoms with Gasteiger partial charge in [0.25, 0.3) is 0 Å². The fraction of sp³-hybridized carbons (Fsp3) is 0.500. The number of rotatable bonds is 12. The molecule has 4 atom stereocenters. The van der Waals surface area contributed by atoms with E-state index in [1.165, 1.54) is 12.1 Å². The van der Waals surface area contributed by atoms with Gasteiger partial charge in [0.1, 0.15) is 23.9 Å². The highest BCUT2D eigenvalue weighted by Crippen LogP contribution is 2.12. The third-order valence-corrected chi connectivity index (χ3v) is 5.35. The first-order valence-corrected chi connectivity index (χ1v) is 11.2. The predicted molar refractivity (Wildman–Crippen MR) is 126 cm³/mol. The molecule has 1 aromatic carbocycles. The molecule has 0 saturated heterocycles. The van der Waals surface area contributed by atoms with Crippen molar-refractivity contribution < 1.29 is 29.4 Å². The van der Waals surface area contributed by atoms with Crippen molar-refractivity contribution in [2.24, 2.45) is 11.7 Å². The number of aliphatic carboxylic acids is 1. The quantitative estimate of drug-likeness (QED) is 0.181. The smallest absolute Gasteiger partial charge is 0.327 e. The maximum absolute atomic E-state index is 12.9. The van der Waals surface area contributed by atoms with Crippen LogP contribution < -0.4 is 21.7 Å². The maximum Gasteiger partial charge on any atom is 0.327 e. The minimum atomic E-state index is -1.27. The lowest BCUT2D eigenvalue weighted by molar-refractivity contribution is -0.141. The van der Waals surface area contributed by atoms with Crippen LogP contribution in [-0.2, 0) is 25.6 Å². The molecule has 1 rings (SSSR count). The predicted octanol–water partition coefficient (Wildman–Crippen LogP) is -0.683. The number of hydrogen-bond donors (Lipinski definition) is 8. The second kappa shape index (κ2) is 13.2. The van der Waals surface area contributed by atoms with E-state index in [4.69, 9.17) is 5.73 Å². The Morgan fingerprint density at radius 2 is 1.47 bits per heavy atom. The highest BCUT2D eigenvalue weighted by molar-refractivity contribution is 7.80. The third kappa shape index (κ3) is 8.60. The monoisotopic (exact) mass is 486 g/mol. The molecule has 0 spiro atoms. The average Bonchev–Trinajstić information content (AvgIpc) is 2.75. The Labute approximate surface area is 197 Å². The van der Waals surface area contributed by atoms with Crippen molar-refractivity contribution in [1.82, 2.24) is 16.0 Å². The Kier molecular flexibility index (Phi) is 11.4. The van der Waals surface area contributed by atoms with Gasteiger partial charge in [-0.15, -0.1) is 0 Å². The van der Waals surface area contributed by atoms with Crippen LogP contribution in [0.5, 0.6) is 5.75 Å². The number of nitrogens with one attached hydrogen (secondary N) is 3. The summed E-state index contributed by atoms with van der Waals surface area (Å²) in [5.41, 5.74) is 6.27. The Hall–Kier alpha value is -2.44. The van der Waals surface area contributed by atoms with Crippen LogP contribution >= 0.6 is 25.3 Å². The van der Waals surface area contributed by atoms with Crippen LogP contribution in [0.2, 0.25) is 0 Å². The zero-order chi connectivity index (χ0) is 24.4. The average molecular weight is 487 g/mol. The SMILES string of the molecule is CC(C)C(NC(=O)C(N)CS)C(=O)NC(Cc1ccc(O)cc1)C(=O)NC(CS)C(=O)O. The van der Waals surface area contributed by atoms with Crippen LogP contribution in [-0.4, -0.2) is 69.6 Å². The molecule has 0 aliphatic carbocycles. The molecule has 0 heterocycles. The Bertz CT molecular complexity index is 806. The van der Waals surface area contributed by atoms with E-state index in [9.17, 15) is 29.4 Å². The first-order chi connectivity index (χ1) is 15.0. The van der Waals surface area contributed by atoms with Gasteiger partial charge in [-0.1, -0.05) is 26.0 Å². The Morgan fingerprint density at radius 1 is 0.906 bits per heavy atom. The number of carboxylic acid groups (broad SMARTS) is 1. The number of phenols is 1. The largest absolute Gasteiger partial charge is 0.508 e. The number of nitrogens with two attached hydrogens (primary N) is 1. The lowest BCUT2D eigenvalue weighted by Gasteiger charge is -2.26. The minimum Gasteiger partial charge on any atom is -0.508 e. The van der Waals surface area contributed by atoms with Crippen molar-refractivity contribution in [3.05, 3.63) is 29.8 Å². The first-order valence-electron chi connectivity index (χ1n) is 9.89. The zero-order valence-corrected chi connectivity index (χ0v) is 19.6. The van der Waals surface area contributed by atoms with Gasteiger partial charge >= 0.3 is 5.97 Å². The van der Waals surface area contributed by atoms with Crippen LogP contribution in [0.1, 0.15) is 19.4 Å². The van der Waals surface area contributed by atoms with Gasteiger partial charge < -0.3 is 31.9 Å². The molecule has 0 bridgehead atoms. The van der Waals surface area contributed by atoms with Gasteiger partial charge in [-0.05, 0) is 23.6 Å². The number of phenolic OH excluding ortho intramolecular Hbond substituents is 1. The number of carbonyl (C=O) groups is 4. The summed E-state index contributed by atoms with van der Waals surface area (Å²) >= 11 is 7.90. The van der Waals surface area contributed by atoms with Crippen LogP contribution in [0.4, 0.5) is 0 Å². The van der Waals surface area contributed by atoms with Crippen molar-refractivity contribution in [1.29, 1.82) is 0 Å². The number of amides is 3. The summed E-state index contributed by atoms with van der Waals surface area (Å²) in [5.74, 6) is -3.54. The summed E-state index contributed by atoms with van der Waals surface area (Å²) < 4.78 is 0.